The summed E-state index contributed by atoms with van der Waals surface area (Å²) in [4.78, 5) is 0. The van der Waals surface area contributed by atoms with Gasteiger partial charge in [-0.15, -0.1) is 0 Å². The fourth-order valence-electron chi connectivity index (χ4n) is 8.16. The first-order valence-electron chi connectivity index (χ1n) is 21.4. The van der Waals surface area contributed by atoms with Crippen molar-refractivity contribution >= 4 is 11.4 Å². The number of rotatable bonds is 26. The number of nitrogen functional groups attached to an aromatic ring is 2. The molecule has 0 saturated heterocycles. The zero-order chi connectivity index (χ0) is 36.8. The topological polar surface area (TPSA) is 52.0 Å². The molecule has 4 rings (SSSR count). The number of benzene rings is 4. The van der Waals surface area contributed by atoms with Crippen molar-refractivity contribution in [3.63, 3.8) is 0 Å². The molecule has 0 radical (unpaired) electrons. The van der Waals surface area contributed by atoms with E-state index < -0.39 is 0 Å². The smallest absolute Gasteiger partial charge is 0.0314 e. The van der Waals surface area contributed by atoms with Crippen molar-refractivity contribution in [2.45, 2.75) is 167 Å². The van der Waals surface area contributed by atoms with Crippen molar-refractivity contribution in [3.05, 3.63) is 130 Å². The second-order valence-corrected chi connectivity index (χ2v) is 15.6. The van der Waals surface area contributed by atoms with Gasteiger partial charge in [-0.05, 0) is 76.9 Å². The molecule has 4 aromatic carbocycles. The van der Waals surface area contributed by atoms with E-state index in [-0.39, 0.29) is 0 Å². The number of hydrogen-bond acceptors (Lipinski definition) is 2. The SMILES string of the molecule is CCCCCCCCCCCC(c1ccc(C(CCCCCC)c2ccc(N)cc2)cc1)c1ccc(C(CCCCCC)c2ccc(N)cc2)cc1. The van der Waals surface area contributed by atoms with Crippen LogP contribution in [0, 0.1) is 0 Å². The monoisotopic (exact) mass is 701 g/mol. The quantitative estimate of drug-likeness (QED) is 0.0506. The molecule has 4 aromatic rings. The lowest BCUT2D eigenvalue weighted by atomic mass is 9.81. The maximum Gasteiger partial charge on any atom is 0.0314 e. The molecular weight excluding hydrogens is 629 g/mol. The van der Waals surface area contributed by atoms with Gasteiger partial charge in [0.05, 0.1) is 0 Å². The average Bonchev–Trinajstić information content (AvgIpc) is 3.17. The summed E-state index contributed by atoms with van der Waals surface area (Å²) in [5, 5.41) is 0. The maximum absolute atomic E-state index is 6.09. The molecule has 0 aliphatic heterocycles. The molecule has 0 bridgehead atoms. The van der Waals surface area contributed by atoms with Crippen LogP contribution in [-0.2, 0) is 0 Å². The number of anilines is 2. The molecule has 282 valence electrons. The first kappa shape index (κ1) is 41.2. The molecule has 0 aromatic heterocycles. The highest BCUT2D eigenvalue weighted by molar-refractivity contribution is 5.45. The Morgan fingerprint density at radius 3 is 0.731 bits per heavy atom. The van der Waals surface area contributed by atoms with Gasteiger partial charge in [0.25, 0.3) is 0 Å². The number of hydrogen-bond donors (Lipinski definition) is 2. The summed E-state index contributed by atoms with van der Waals surface area (Å²) >= 11 is 0. The van der Waals surface area contributed by atoms with Crippen molar-refractivity contribution in [2.75, 3.05) is 11.5 Å². The number of nitrogens with two attached hydrogens (primary N) is 2. The molecule has 2 nitrogen and oxygen atoms in total. The third kappa shape index (κ3) is 13.8. The molecule has 52 heavy (non-hydrogen) atoms. The van der Waals surface area contributed by atoms with E-state index in [2.05, 4.69) is 118 Å². The summed E-state index contributed by atoms with van der Waals surface area (Å²) in [7, 11) is 0. The Hall–Kier alpha value is -3.52. The Morgan fingerprint density at radius 1 is 0.288 bits per heavy atom. The van der Waals surface area contributed by atoms with Gasteiger partial charge in [0.1, 0.15) is 0 Å². The highest BCUT2D eigenvalue weighted by Gasteiger charge is 2.20. The third-order valence-corrected chi connectivity index (χ3v) is 11.4. The molecule has 2 unspecified atom stereocenters. The van der Waals surface area contributed by atoms with Gasteiger partial charge in [0.2, 0.25) is 0 Å². The third-order valence-electron chi connectivity index (χ3n) is 11.4. The molecular formula is C50H72N2. The lowest BCUT2D eigenvalue weighted by molar-refractivity contribution is 0.545. The van der Waals surface area contributed by atoms with Gasteiger partial charge in [-0.25, -0.2) is 0 Å². The summed E-state index contributed by atoms with van der Waals surface area (Å²) in [6, 6.07) is 36.7. The Balaban J connectivity index is 1.55. The summed E-state index contributed by atoms with van der Waals surface area (Å²) < 4.78 is 0. The van der Waals surface area contributed by atoms with E-state index in [0.29, 0.717) is 17.8 Å². The van der Waals surface area contributed by atoms with E-state index in [1.54, 1.807) is 0 Å². The van der Waals surface area contributed by atoms with Gasteiger partial charge in [0, 0.05) is 29.1 Å². The van der Waals surface area contributed by atoms with Crippen LogP contribution in [0.2, 0.25) is 0 Å². The van der Waals surface area contributed by atoms with Crippen LogP contribution in [-0.4, -0.2) is 0 Å². The summed E-state index contributed by atoms with van der Waals surface area (Å²) in [6.45, 7) is 6.89. The van der Waals surface area contributed by atoms with Gasteiger partial charge >= 0.3 is 0 Å². The standard InChI is InChI=1S/C50H72N2/c1-4-7-10-13-14-15-16-17-20-23-48(40-24-28-42(29-25-40)49(21-18-11-8-5-2)44-32-36-46(51)37-33-44)41-26-30-43(31-27-41)50(22-19-12-9-6-3)45-34-38-47(52)39-35-45/h24-39,48-50H,4-23,51-52H2,1-3H3. The molecule has 2 heteroatoms. The number of unbranched alkanes of at least 4 members (excludes halogenated alkanes) is 14. The minimum atomic E-state index is 0.407. The fraction of sp³-hybridized carbons (Fsp3) is 0.520. The Bertz CT molecular complexity index is 1360. The van der Waals surface area contributed by atoms with Gasteiger partial charge in [-0.1, -0.05) is 203 Å². The molecule has 0 heterocycles. The van der Waals surface area contributed by atoms with Crippen LogP contribution >= 0.6 is 0 Å². The molecule has 0 spiro atoms. The van der Waals surface area contributed by atoms with E-state index in [1.807, 2.05) is 0 Å². The van der Waals surface area contributed by atoms with Crippen molar-refractivity contribution in [3.8, 4) is 0 Å². The second kappa shape index (κ2) is 23.9. The van der Waals surface area contributed by atoms with Crippen LogP contribution in [0.1, 0.15) is 200 Å². The maximum atomic E-state index is 6.09. The normalized spacial score (nSPS) is 13.2. The van der Waals surface area contributed by atoms with E-state index in [4.69, 9.17) is 11.5 Å². The first-order valence-corrected chi connectivity index (χ1v) is 21.4. The Labute approximate surface area is 319 Å². The van der Waals surface area contributed by atoms with Crippen molar-refractivity contribution in [2.24, 2.45) is 0 Å². The first-order chi connectivity index (χ1) is 25.5. The second-order valence-electron chi connectivity index (χ2n) is 15.6. The van der Waals surface area contributed by atoms with E-state index in [9.17, 15) is 0 Å². The highest BCUT2D eigenvalue weighted by Crippen LogP contribution is 2.37. The summed E-state index contributed by atoms with van der Waals surface area (Å²) in [5.74, 6) is 1.22. The molecule has 0 aliphatic carbocycles. The minimum Gasteiger partial charge on any atom is -0.399 e. The van der Waals surface area contributed by atoms with Crippen LogP contribution in [0.5, 0.6) is 0 Å². The summed E-state index contributed by atoms with van der Waals surface area (Å²) in [6.07, 6.45) is 26.1. The van der Waals surface area contributed by atoms with E-state index in [0.717, 1.165) is 11.4 Å². The van der Waals surface area contributed by atoms with Crippen molar-refractivity contribution in [1.29, 1.82) is 0 Å². The van der Waals surface area contributed by atoms with Crippen molar-refractivity contribution in [1.82, 2.24) is 0 Å². The Kier molecular flexibility index (Phi) is 19.0. The van der Waals surface area contributed by atoms with Crippen LogP contribution in [0.25, 0.3) is 0 Å². The predicted molar refractivity (Wildman–Crippen MR) is 229 cm³/mol. The lowest BCUT2D eigenvalue weighted by Gasteiger charge is -2.23. The molecule has 0 fully saturated rings. The van der Waals surface area contributed by atoms with Gasteiger partial charge in [-0.2, -0.15) is 0 Å². The fourth-order valence-corrected chi connectivity index (χ4v) is 8.16. The lowest BCUT2D eigenvalue weighted by Crippen LogP contribution is -2.06. The van der Waals surface area contributed by atoms with Crippen molar-refractivity contribution < 1.29 is 0 Å². The summed E-state index contributed by atoms with van der Waals surface area (Å²) in [5.41, 5.74) is 22.4. The molecule has 0 amide bonds. The van der Waals surface area contributed by atoms with Crippen LogP contribution in [0.15, 0.2) is 97.1 Å². The highest BCUT2D eigenvalue weighted by atomic mass is 14.5. The van der Waals surface area contributed by atoms with Gasteiger partial charge < -0.3 is 11.5 Å². The van der Waals surface area contributed by atoms with Crippen LogP contribution < -0.4 is 11.5 Å². The molecule has 0 aliphatic rings. The predicted octanol–water partition coefficient (Wildman–Crippen LogP) is 15.1. The van der Waals surface area contributed by atoms with Crippen LogP contribution in [0.4, 0.5) is 11.4 Å². The Morgan fingerprint density at radius 2 is 0.481 bits per heavy atom. The largest absolute Gasteiger partial charge is 0.399 e. The van der Waals surface area contributed by atoms with E-state index >= 15 is 0 Å². The van der Waals surface area contributed by atoms with E-state index in [1.165, 1.54) is 162 Å². The zero-order valence-electron chi connectivity index (χ0n) is 33.3. The molecule has 4 N–H and O–H groups in total. The van der Waals surface area contributed by atoms with Gasteiger partial charge in [-0.3, -0.25) is 0 Å². The van der Waals surface area contributed by atoms with Gasteiger partial charge in [0.15, 0.2) is 0 Å². The molecule has 0 saturated carbocycles. The molecule has 2 atom stereocenters. The average molecular weight is 701 g/mol. The van der Waals surface area contributed by atoms with Crippen LogP contribution in [0.3, 0.4) is 0 Å². The minimum absolute atomic E-state index is 0.407. The zero-order valence-corrected chi connectivity index (χ0v) is 33.3.